The molecule has 0 radical (unpaired) electrons. The Bertz CT molecular complexity index is 432. The van der Waals surface area contributed by atoms with Crippen molar-refractivity contribution in [1.29, 1.82) is 0 Å². The minimum absolute atomic E-state index is 0.00521. The smallest absolute Gasteiger partial charge is 0.407 e. The van der Waals surface area contributed by atoms with Crippen molar-refractivity contribution in [2.24, 2.45) is 0 Å². The number of hydrogen-bond acceptors (Lipinski definition) is 9. The predicted octanol–water partition coefficient (Wildman–Crippen LogP) is 3.66. The lowest BCUT2D eigenvalue weighted by Crippen LogP contribution is -2.29. The number of alkyl carbamates (subject to hydrolysis) is 1. The van der Waals surface area contributed by atoms with Gasteiger partial charge in [0.2, 0.25) is 0 Å². The number of unbranched alkanes of at least 4 members (excludes halogenated alkanes) is 1. The topological polar surface area (TPSA) is 90.1 Å². The standard InChI is InChI=1S/C22H47N3O5S2/c1-6-23-11-15-27-17-18-28-16-12-25-21(26)30-14-9-22(4,5)32-31-19-29-13-8-7-10-24-20(2)3/h20,23-24H,6-19H2,1-5H3,(H,25,26). The van der Waals surface area contributed by atoms with Crippen LogP contribution in [0.25, 0.3) is 0 Å². The first-order valence-electron chi connectivity index (χ1n) is 11.8. The van der Waals surface area contributed by atoms with Gasteiger partial charge in [-0.2, -0.15) is 0 Å². The zero-order valence-electron chi connectivity index (χ0n) is 20.8. The van der Waals surface area contributed by atoms with E-state index in [0.29, 0.717) is 51.6 Å². The van der Waals surface area contributed by atoms with E-state index in [0.717, 1.165) is 45.5 Å². The Kier molecular flexibility index (Phi) is 22.4. The third-order valence-electron chi connectivity index (χ3n) is 4.18. The lowest BCUT2D eigenvalue weighted by Gasteiger charge is -2.22. The van der Waals surface area contributed by atoms with Crippen LogP contribution in [-0.2, 0) is 18.9 Å². The summed E-state index contributed by atoms with van der Waals surface area (Å²) in [7, 11) is 3.48. The molecule has 0 aliphatic carbocycles. The summed E-state index contributed by atoms with van der Waals surface area (Å²) >= 11 is 0. The molecule has 0 rings (SSSR count). The van der Waals surface area contributed by atoms with Crippen molar-refractivity contribution < 1.29 is 23.7 Å². The molecule has 192 valence electrons. The van der Waals surface area contributed by atoms with Gasteiger partial charge in [0.05, 0.1) is 33.0 Å². The fourth-order valence-electron chi connectivity index (χ4n) is 2.35. The molecule has 0 saturated heterocycles. The highest BCUT2D eigenvalue weighted by molar-refractivity contribution is 8.77. The van der Waals surface area contributed by atoms with Gasteiger partial charge in [0.15, 0.2) is 0 Å². The van der Waals surface area contributed by atoms with Gasteiger partial charge in [0.1, 0.15) is 5.94 Å². The quantitative estimate of drug-likeness (QED) is 0.111. The van der Waals surface area contributed by atoms with Gasteiger partial charge in [0, 0.05) is 30.5 Å². The van der Waals surface area contributed by atoms with Gasteiger partial charge in [0.25, 0.3) is 0 Å². The number of rotatable bonds is 23. The van der Waals surface area contributed by atoms with Crippen molar-refractivity contribution in [2.75, 3.05) is 71.8 Å². The zero-order chi connectivity index (χ0) is 23.9. The van der Waals surface area contributed by atoms with Crippen LogP contribution < -0.4 is 16.0 Å². The van der Waals surface area contributed by atoms with Gasteiger partial charge in [-0.1, -0.05) is 42.4 Å². The van der Waals surface area contributed by atoms with Crippen LogP contribution in [0.1, 0.15) is 53.9 Å². The second kappa shape index (κ2) is 22.6. The fraction of sp³-hybridized carbons (Fsp3) is 0.955. The molecular formula is C22H47N3O5S2. The molecule has 10 heteroatoms. The lowest BCUT2D eigenvalue weighted by atomic mass is 10.1. The maximum absolute atomic E-state index is 11.8. The van der Waals surface area contributed by atoms with Crippen LogP contribution in [0.4, 0.5) is 4.79 Å². The molecule has 0 aliphatic rings. The Labute approximate surface area is 203 Å². The Balaban J connectivity index is 3.47. The van der Waals surface area contributed by atoms with Crippen molar-refractivity contribution >= 4 is 27.7 Å². The van der Waals surface area contributed by atoms with Gasteiger partial charge in [-0.25, -0.2) is 4.79 Å². The largest absolute Gasteiger partial charge is 0.450 e. The summed E-state index contributed by atoms with van der Waals surface area (Å²) in [5.74, 6) is 0.674. The van der Waals surface area contributed by atoms with Gasteiger partial charge >= 0.3 is 6.09 Å². The van der Waals surface area contributed by atoms with Crippen LogP contribution in [0.15, 0.2) is 0 Å². The van der Waals surface area contributed by atoms with Crippen molar-refractivity contribution in [1.82, 2.24) is 16.0 Å². The number of amides is 1. The second-order valence-electron chi connectivity index (χ2n) is 8.19. The molecule has 0 fully saturated rings. The third-order valence-corrected chi connectivity index (χ3v) is 7.21. The molecule has 0 atom stereocenters. The Morgan fingerprint density at radius 2 is 1.62 bits per heavy atom. The molecule has 1 amide bonds. The maximum atomic E-state index is 11.8. The molecule has 0 aromatic heterocycles. The van der Waals surface area contributed by atoms with Crippen LogP contribution >= 0.6 is 21.6 Å². The van der Waals surface area contributed by atoms with Crippen molar-refractivity contribution in [3.05, 3.63) is 0 Å². The number of carbonyl (C=O) groups excluding carboxylic acids is 1. The molecule has 32 heavy (non-hydrogen) atoms. The van der Waals surface area contributed by atoms with E-state index in [4.69, 9.17) is 18.9 Å². The average Bonchev–Trinajstić information content (AvgIpc) is 2.73. The van der Waals surface area contributed by atoms with Crippen LogP contribution in [-0.4, -0.2) is 88.6 Å². The van der Waals surface area contributed by atoms with E-state index >= 15 is 0 Å². The van der Waals surface area contributed by atoms with E-state index in [1.807, 2.05) is 0 Å². The highest BCUT2D eigenvalue weighted by Gasteiger charge is 2.19. The molecule has 0 spiro atoms. The molecule has 0 aromatic rings. The molecule has 0 heterocycles. The van der Waals surface area contributed by atoms with Crippen molar-refractivity contribution in [2.45, 2.75) is 64.7 Å². The first-order chi connectivity index (χ1) is 15.4. The molecule has 0 saturated carbocycles. The number of nitrogens with one attached hydrogen (secondary N) is 3. The normalized spacial score (nSPS) is 11.8. The minimum atomic E-state index is -0.403. The highest BCUT2D eigenvalue weighted by Crippen LogP contribution is 2.37. The summed E-state index contributed by atoms with van der Waals surface area (Å²) in [6.45, 7) is 17.3. The zero-order valence-corrected chi connectivity index (χ0v) is 22.5. The van der Waals surface area contributed by atoms with Crippen LogP contribution in [0.2, 0.25) is 0 Å². The van der Waals surface area contributed by atoms with Crippen LogP contribution in [0, 0.1) is 0 Å². The van der Waals surface area contributed by atoms with Crippen molar-refractivity contribution in [3.63, 3.8) is 0 Å². The number of likely N-dealkylation sites (N-methyl/N-ethyl adjacent to an activating group) is 1. The summed E-state index contributed by atoms with van der Waals surface area (Å²) < 4.78 is 21.8. The predicted molar refractivity (Wildman–Crippen MR) is 137 cm³/mol. The van der Waals surface area contributed by atoms with Crippen molar-refractivity contribution in [3.8, 4) is 0 Å². The Hall–Kier alpha value is -0.230. The monoisotopic (exact) mass is 497 g/mol. The number of ether oxygens (including phenoxy) is 4. The maximum Gasteiger partial charge on any atom is 0.407 e. The Morgan fingerprint density at radius 1 is 0.906 bits per heavy atom. The molecular weight excluding hydrogens is 450 g/mol. The first-order valence-corrected chi connectivity index (χ1v) is 14.1. The molecule has 0 aromatic carbocycles. The summed E-state index contributed by atoms with van der Waals surface area (Å²) in [5.41, 5.74) is 0. The average molecular weight is 498 g/mol. The third kappa shape index (κ3) is 24.4. The van der Waals surface area contributed by atoms with E-state index in [1.165, 1.54) is 0 Å². The molecule has 8 nitrogen and oxygen atoms in total. The molecule has 0 unspecified atom stereocenters. The lowest BCUT2D eigenvalue weighted by molar-refractivity contribution is 0.0494. The van der Waals surface area contributed by atoms with E-state index < -0.39 is 6.09 Å². The summed E-state index contributed by atoms with van der Waals surface area (Å²) in [4.78, 5) is 11.8. The fourth-order valence-corrected chi connectivity index (χ4v) is 4.62. The van der Waals surface area contributed by atoms with Gasteiger partial charge in [-0.15, -0.1) is 0 Å². The first kappa shape index (κ1) is 31.8. The summed E-state index contributed by atoms with van der Waals surface area (Å²) in [6.07, 6.45) is 2.59. The van der Waals surface area contributed by atoms with E-state index in [1.54, 1.807) is 21.6 Å². The minimum Gasteiger partial charge on any atom is -0.450 e. The molecule has 0 bridgehead atoms. The van der Waals surface area contributed by atoms with Gasteiger partial charge in [-0.3, -0.25) is 0 Å². The summed E-state index contributed by atoms with van der Waals surface area (Å²) in [6, 6.07) is 0.544. The molecule has 3 N–H and O–H groups in total. The van der Waals surface area contributed by atoms with Gasteiger partial charge in [-0.05, 0) is 46.2 Å². The van der Waals surface area contributed by atoms with Crippen LogP contribution in [0.3, 0.4) is 0 Å². The van der Waals surface area contributed by atoms with Crippen LogP contribution in [0.5, 0.6) is 0 Å². The van der Waals surface area contributed by atoms with Gasteiger partial charge < -0.3 is 34.9 Å². The van der Waals surface area contributed by atoms with E-state index in [2.05, 4.69) is 50.6 Å². The van der Waals surface area contributed by atoms with E-state index in [-0.39, 0.29) is 4.75 Å². The summed E-state index contributed by atoms with van der Waals surface area (Å²) in [5, 5.41) is 9.29. The number of hydrogen-bond donors (Lipinski definition) is 3. The second-order valence-corrected chi connectivity index (χ2v) is 11.1. The Morgan fingerprint density at radius 3 is 2.31 bits per heavy atom. The molecule has 0 aliphatic heterocycles. The SMILES string of the molecule is CCNCCOCCOCCNC(=O)OCCC(C)(C)SSCOCCCCNC(C)C. The number of carbonyl (C=O) groups is 1. The highest BCUT2D eigenvalue weighted by atomic mass is 33.1. The van der Waals surface area contributed by atoms with E-state index in [9.17, 15) is 4.79 Å².